The zero-order valence-corrected chi connectivity index (χ0v) is 10.3. The summed E-state index contributed by atoms with van der Waals surface area (Å²) in [5, 5.41) is 6.60. The van der Waals surface area contributed by atoms with Crippen molar-refractivity contribution in [3.8, 4) is 0 Å². The first-order valence-electron chi connectivity index (χ1n) is 5.02. The number of rotatable bonds is 3. The summed E-state index contributed by atoms with van der Waals surface area (Å²) in [4.78, 5) is 11.5. The highest BCUT2D eigenvalue weighted by atomic mass is 35.5. The van der Waals surface area contributed by atoms with Gasteiger partial charge in [-0.1, -0.05) is 29.8 Å². The second-order valence-corrected chi connectivity index (χ2v) is 4.01. The van der Waals surface area contributed by atoms with E-state index in [1.165, 1.54) is 0 Å². The van der Waals surface area contributed by atoms with Gasteiger partial charge in [-0.05, 0) is 24.6 Å². The van der Waals surface area contributed by atoms with E-state index < -0.39 is 0 Å². The lowest BCUT2D eigenvalue weighted by Crippen LogP contribution is -2.52. The maximum Gasteiger partial charge on any atom is 0.237 e. The minimum absolute atomic E-state index is 0. The summed E-state index contributed by atoms with van der Waals surface area (Å²) in [6.07, 6.45) is 0.925. The van der Waals surface area contributed by atoms with Crippen molar-refractivity contribution < 1.29 is 4.79 Å². The predicted molar refractivity (Wildman–Crippen MR) is 67.0 cm³/mol. The predicted octanol–water partition coefficient (Wildman–Crippen LogP) is 1.74. The van der Waals surface area contributed by atoms with Crippen LogP contribution in [-0.4, -0.2) is 18.5 Å². The van der Waals surface area contributed by atoms with Gasteiger partial charge in [0.1, 0.15) is 0 Å². The van der Waals surface area contributed by atoms with Crippen molar-refractivity contribution in [3.05, 3.63) is 34.9 Å². The maximum atomic E-state index is 11.5. The van der Waals surface area contributed by atoms with Crippen LogP contribution in [0.3, 0.4) is 0 Å². The molecule has 1 saturated heterocycles. The molecule has 1 aliphatic heterocycles. The lowest BCUT2D eigenvalue weighted by molar-refractivity contribution is -0.124. The fraction of sp³-hybridized carbons (Fsp3) is 0.364. The van der Waals surface area contributed by atoms with Gasteiger partial charge in [-0.15, -0.1) is 12.4 Å². The first-order valence-corrected chi connectivity index (χ1v) is 5.39. The van der Waals surface area contributed by atoms with Crippen molar-refractivity contribution in [1.82, 2.24) is 10.6 Å². The largest absolute Gasteiger partial charge is 0.351 e. The van der Waals surface area contributed by atoms with Crippen molar-refractivity contribution >= 4 is 29.9 Å². The smallest absolute Gasteiger partial charge is 0.237 e. The van der Waals surface area contributed by atoms with Crippen LogP contribution in [0, 0.1) is 0 Å². The molecule has 1 fully saturated rings. The summed E-state index contributed by atoms with van der Waals surface area (Å²) in [6.45, 7) is 1.43. The van der Waals surface area contributed by atoms with Gasteiger partial charge in [-0.2, -0.15) is 0 Å². The Kier molecular flexibility index (Phi) is 5.06. The van der Waals surface area contributed by atoms with Gasteiger partial charge >= 0.3 is 0 Å². The molecule has 0 radical (unpaired) electrons. The third-order valence-electron chi connectivity index (χ3n) is 2.55. The Hall–Kier alpha value is -0.770. The standard InChI is InChI=1S/C11H13ClN2O.ClH/c12-9-4-2-1-3-8(9)7-14-11(15)10-5-6-13-10;/h1-4,10,13H,5-7H2,(H,14,15);1H/t10-;/m1./s1. The van der Waals surface area contributed by atoms with Gasteiger partial charge < -0.3 is 10.6 Å². The van der Waals surface area contributed by atoms with E-state index in [4.69, 9.17) is 11.6 Å². The number of nitrogens with one attached hydrogen (secondary N) is 2. The van der Waals surface area contributed by atoms with E-state index in [0.29, 0.717) is 11.6 Å². The molecule has 0 bridgehead atoms. The molecule has 1 amide bonds. The summed E-state index contributed by atoms with van der Waals surface area (Å²) in [6, 6.07) is 7.52. The van der Waals surface area contributed by atoms with Crippen molar-refractivity contribution in [3.63, 3.8) is 0 Å². The number of halogens is 2. The number of amides is 1. The first kappa shape index (κ1) is 13.3. The van der Waals surface area contributed by atoms with Crippen LogP contribution in [0.1, 0.15) is 12.0 Å². The number of carbonyl (C=O) groups excluding carboxylic acids is 1. The van der Waals surface area contributed by atoms with Crippen LogP contribution in [0.15, 0.2) is 24.3 Å². The Labute approximate surface area is 106 Å². The van der Waals surface area contributed by atoms with E-state index in [1.54, 1.807) is 0 Å². The molecule has 1 aromatic carbocycles. The highest BCUT2D eigenvalue weighted by molar-refractivity contribution is 6.31. The molecule has 1 aromatic rings. The average molecular weight is 261 g/mol. The third kappa shape index (κ3) is 3.11. The van der Waals surface area contributed by atoms with Crippen LogP contribution in [0.2, 0.25) is 5.02 Å². The molecule has 5 heteroatoms. The SMILES string of the molecule is Cl.O=C(NCc1ccccc1Cl)[C@H]1CCN1. The van der Waals surface area contributed by atoms with E-state index in [-0.39, 0.29) is 24.4 Å². The summed E-state index contributed by atoms with van der Waals surface area (Å²) >= 11 is 5.97. The molecule has 1 atom stereocenters. The van der Waals surface area contributed by atoms with Gasteiger partial charge in [0.15, 0.2) is 0 Å². The zero-order valence-electron chi connectivity index (χ0n) is 8.70. The van der Waals surface area contributed by atoms with Gasteiger partial charge in [-0.3, -0.25) is 4.79 Å². The van der Waals surface area contributed by atoms with Gasteiger partial charge in [-0.25, -0.2) is 0 Å². The van der Waals surface area contributed by atoms with Crippen LogP contribution >= 0.6 is 24.0 Å². The Bertz CT molecular complexity index is 367. The third-order valence-corrected chi connectivity index (χ3v) is 2.92. The molecule has 1 aliphatic rings. The molecule has 88 valence electrons. The Morgan fingerprint density at radius 2 is 2.19 bits per heavy atom. The Morgan fingerprint density at radius 3 is 2.75 bits per heavy atom. The van der Waals surface area contributed by atoms with Gasteiger partial charge in [0.05, 0.1) is 6.04 Å². The summed E-state index contributed by atoms with van der Waals surface area (Å²) in [7, 11) is 0. The van der Waals surface area contributed by atoms with Crippen LogP contribution in [0.25, 0.3) is 0 Å². The fourth-order valence-corrected chi connectivity index (χ4v) is 1.66. The minimum Gasteiger partial charge on any atom is -0.351 e. The number of benzene rings is 1. The second kappa shape index (κ2) is 6.09. The van der Waals surface area contributed by atoms with E-state index in [0.717, 1.165) is 18.5 Å². The minimum atomic E-state index is -0.00696. The van der Waals surface area contributed by atoms with E-state index in [1.807, 2.05) is 24.3 Å². The molecule has 0 aromatic heterocycles. The fourth-order valence-electron chi connectivity index (χ4n) is 1.46. The average Bonchev–Trinajstić information content (AvgIpc) is 2.14. The van der Waals surface area contributed by atoms with Crippen molar-refractivity contribution in [2.24, 2.45) is 0 Å². The number of carbonyl (C=O) groups is 1. The first-order chi connectivity index (χ1) is 7.27. The molecule has 2 N–H and O–H groups in total. The van der Waals surface area contributed by atoms with Crippen molar-refractivity contribution in [2.75, 3.05) is 6.54 Å². The van der Waals surface area contributed by atoms with E-state index in [2.05, 4.69) is 10.6 Å². The molecule has 2 rings (SSSR count). The van der Waals surface area contributed by atoms with Crippen LogP contribution in [0.4, 0.5) is 0 Å². The van der Waals surface area contributed by atoms with Gasteiger partial charge in [0, 0.05) is 11.6 Å². The summed E-state index contributed by atoms with van der Waals surface area (Å²) in [5.41, 5.74) is 0.951. The monoisotopic (exact) mass is 260 g/mol. The molecule has 0 unspecified atom stereocenters. The van der Waals surface area contributed by atoms with E-state index in [9.17, 15) is 4.79 Å². The van der Waals surface area contributed by atoms with Gasteiger partial charge in [0.2, 0.25) is 5.91 Å². The molecule has 16 heavy (non-hydrogen) atoms. The lowest BCUT2D eigenvalue weighted by atomic mass is 10.1. The molecule has 0 aliphatic carbocycles. The van der Waals surface area contributed by atoms with Crippen molar-refractivity contribution in [1.29, 1.82) is 0 Å². The summed E-state index contributed by atoms with van der Waals surface area (Å²) in [5.74, 6) is 0.0566. The molecule has 0 spiro atoms. The molecular weight excluding hydrogens is 247 g/mol. The highest BCUT2D eigenvalue weighted by Gasteiger charge is 2.23. The molecular formula is C11H14Cl2N2O. The number of hydrogen-bond donors (Lipinski definition) is 2. The second-order valence-electron chi connectivity index (χ2n) is 3.60. The maximum absolute atomic E-state index is 11.5. The van der Waals surface area contributed by atoms with Crippen LogP contribution in [0.5, 0.6) is 0 Å². The van der Waals surface area contributed by atoms with E-state index >= 15 is 0 Å². The number of hydrogen-bond acceptors (Lipinski definition) is 2. The lowest BCUT2D eigenvalue weighted by Gasteiger charge is -2.26. The van der Waals surface area contributed by atoms with Crippen LogP contribution in [-0.2, 0) is 11.3 Å². The molecule has 3 nitrogen and oxygen atoms in total. The highest BCUT2D eigenvalue weighted by Crippen LogP contribution is 2.14. The normalized spacial score (nSPS) is 18.2. The molecule has 0 saturated carbocycles. The van der Waals surface area contributed by atoms with Gasteiger partial charge in [0.25, 0.3) is 0 Å². The quantitative estimate of drug-likeness (QED) is 0.870. The van der Waals surface area contributed by atoms with Crippen molar-refractivity contribution in [2.45, 2.75) is 19.0 Å². The van der Waals surface area contributed by atoms with Crippen LogP contribution < -0.4 is 10.6 Å². The Morgan fingerprint density at radius 1 is 1.50 bits per heavy atom. The molecule has 1 heterocycles. The topological polar surface area (TPSA) is 41.1 Å². The summed E-state index contributed by atoms with van der Waals surface area (Å²) < 4.78 is 0. The Balaban J connectivity index is 0.00000128. The zero-order chi connectivity index (χ0) is 10.7.